The maximum Gasteiger partial charge on any atom is 0.258 e. The van der Waals surface area contributed by atoms with Crippen LogP contribution in [-0.4, -0.2) is 17.6 Å². The van der Waals surface area contributed by atoms with Crippen LogP contribution in [0, 0.1) is 0 Å². The summed E-state index contributed by atoms with van der Waals surface area (Å²) in [5.41, 5.74) is 10.1. The van der Waals surface area contributed by atoms with Gasteiger partial charge in [-0.3, -0.25) is 4.79 Å². The highest BCUT2D eigenvalue weighted by atomic mass is 16.5. The molecule has 4 rings (SSSR count). The van der Waals surface area contributed by atoms with Crippen LogP contribution in [-0.2, 0) is 13.1 Å². The van der Waals surface area contributed by atoms with Gasteiger partial charge in [-0.1, -0.05) is 18.2 Å². The zero-order valence-electron chi connectivity index (χ0n) is 14.0. The molecule has 3 aromatic rings. The Bertz CT molecular complexity index is 946. The second kappa shape index (κ2) is 6.02. The topological polar surface area (TPSA) is 60.5 Å². The summed E-state index contributed by atoms with van der Waals surface area (Å²) in [6.07, 6.45) is 2.05. The first kappa shape index (κ1) is 15.3. The maximum absolute atomic E-state index is 13.2. The number of para-hydroxylation sites is 1. The summed E-state index contributed by atoms with van der Waals surface area (Å²) < 4.78 is 7.44. The number of hydrogen-bond acceptors (Lipinski definition) is 3. The third-order valence-corrected chi connectivity index (χ3v) is 4.59. The Hall–Kier alpha value is -3.21. The van der Waals surface area contributed by atoms with Crippen molar-refractivity contribution in [3.05, 3.63) is 77.6 Å². The van der Waals surface area contributed by atoms with E-state index < -0.39 is 0 Å². The van der Waals surface area contributed by atoms with Crippen molar-refractivity contribution in [3.63, 3.8) is 0 Å². The van der Waals surface area contributed by atoms with Gasteiger partial charge in [-0.15, -0.1) is 0 Å². The molecular formula is C20H19N3O2. The van der Waals surface area contributed by atoms with E-state index in [1.807, 2.05) is 35.4 Å². The molecule has 1 amide bonds. The predicted octanol–water partition coefficient (Wildman–Crippen LogP) is 3.29. The van der Waals surface area contributed by atoms with Crippen molar-refractivity contribution < 1.29 is 9.53 Å². The average molecular weight is 333 g/mol. The number of nitrogens with two attached hydrogens (primary N) is 1. The van der Waals surface area contributed by atoms with Gasteiger partial charge in [0.15, 0.2) is 0 Å². The average Bonchev–Trinajstić information content (AvgIpc) is 3.00. The summed E-state index contributed by atoms with van der Waals surface area (Å²) in [7, 11) is 1.55. The molecule has 0 spiro atoms. The van der Waals surface area contributed by atoms with Crippen LogP contribution in [0.15, 0.2) is 60.8 Å². The van der Waals surface area contributed by atoms with Crippen molar-refractivity contribution in [1.29, 1.82) is 0 Å². The molecule has 0 saturated carbocycles. The molecule has 0 saturated heterocycles. The predicted molar refractivity (Wildman–Crippen MR) is 97.9 cm³/mol. The lowest BCUT2D eigenvalue weighted by Crippen LogP contribution is -2.30. The monoisotopic (exact) mass is 333 g/mol. The van der Waals surface area contributed by atoms with E-state index in [0.717, 1.165) is 23.5 Å². The van der Waals surface area contributed by atoms with Crippen molar-refractivity contribution in [1.82, 2.24) is 4.57 Å². The molecule has 25 heavy (non-hydrogen) atoms. The number of ether oxygens (including phenoxy) is 1. The first-order valence-electron chi connectivity index (χ1n) is 8.14. The molecule has 0 bridgehead atoms. The highest BCUT2D eigenvalue weighted by Crippen LogP contribution is 2.30. The number of benzene rings is 2. The number of hydrogen-bond donors (Lipinski definition) is 1. The lowest BCUT2D eigenvalue weighted by atomic mass is 10.1. The van der Waals surface area contributed by atoms with Gasteiger partial charge in [0, 0.05) is 29.7 Å². The Balaban J connectivity index is 1.79. The number of methoxy groups -OCH3 is 1. The van der Waals surface area contributed by atoms with E-state index in [0.29, 0.717) is 23.5 Å². The number of rotatable bonds is 2. The molecule has 1 aromatic heterocycles. The Morgan fingerprint density at radius 3 is 2.76 bits per heavy atom. The number of fused-ring (bicyclic) bond motifs is 2. The van der Waals surface area contributed by atoms with Gasteiger partial charge in [0.1, 0.15) is 5.75 Å². The van der Waals surface area contributed by atoms with Crippen LogP contribution in [0.2, 0.25) is 0 Å². The van der Waals surface area contributed by atoms with Gasteiger partial charge in [0.2, 0.25) is 0 Å². The van der Waals surface area contributed by atoms with E-state index in [4.69, 9.17) is 10.5 Å². The van der Waals surface area contributed by atoms with Crippen LogP contribution in [0.1, 0.15) is 21.6 Å². The van der Waals surface area contributed by atoms with Crippen LogP contribution in [0.3, 0.4) is 0 Å². The molecule has 2 aromatic carbocycles. The number of aromatic nitrogens is 1. The molecule has 5 heteroatoms. The number of carbonyl (C=O) groups excluding carboxylic acids is 1. The Morgan fingerprint density at radius 2 is 1.92 bits per heavy atom. The lowest BCUT2D eigenvalue weighted by molar-refractivity contribution is 0.0984. The van der Waals surface area contributed by atoms with E-state index in [2.05, 4.69) is 16.7 Å². The molecule has 126 valence electrons. The highest BCUT2D eigenvalue weighted by Gasteiger charge is 2.25. The molecule has 0 fully saturated rings. The summed E-state index contributed by atoms with van der Waals surface area (Å²) in [5.74, 6) is 0.442. The van der Waals surface area contributed by atoms with E-state index in [-0.39, 0.29) is 5.91 Å². The van der Waals surface area contributed by atoms with Gasteiger partial charge in [-0.25, -0.2) is 0 Å². The van der Waals surface area contributed by atoms with Crippen molar-refractivity contribution in [2.75, 3.05) is 17.7 Å². The fourth-order valence-corrected chi connectivity index (χ4v) is 3.27. The largest absolute Gasteiger partial charge is 0.495 e. The van der Waals surface area contributed by atoms with Crippen LogP contribution < -0.4 is 15.4 Å². The van der Waals surface area contributed by atoms with Gasteiger partial charge >= 0.3 is 0 Å². The zero-order valence-corrected chi connectivity index (χ0v) is 14.0. The number of nitrogen functional groups attached to an aromatic ring is 1. The fraction of sp³-hybridized carbons (Fsp3) is 0.150. The molecule has 2 heterocycles. The normalized spacial score (nSPS) is 12.9. The smallest absolute Gasteiger partial charge is 0.258 e. The lowest BCUT2D eigenvalue weighted by Gasteiger charge is -2.23. The molecule has 1 aliphatic heterocycles. The molecular weight excluding hydrogens is 314 g/mol. The quantitative estimate of drug-likeness (QED) is 0.732. The minimum atomic E-state index is -0.0691. The Morgan fingerprint density at radius 1 is 1.08 bits per heavy atom. The highest BCUT2D eigenvalue weighted by molar-refractivity contribution is 6.07. The van der Waals surface area contributed by atoms with Crippen LogP contribution >= 0.6 is 0 Å². The van der Waals surface area contributed by atoms with Gasteiger partial charge in [0.05, 0.1) is 19.3 Å². The van der Waals surface area contributed by atoms with Crippen molar-refractivity contribution in [2.24, 2.45) is 0 Å². The van der Waals surface area contributed by atoms with Crippen molar-refractivity contribution >= 4 is 17.3 Å². The molecule has 0 unspecified atom stereocenters. The number of anilines is 2. The first-order valence-corrected chi connectivity index (χ1v) is 8.14. The summed E-state index contributed by atoms with van der Waals surface area (Å²) in [6.45, 7) is 1.28. The summed E-state index contributed by atoms with van der Waals surface area (Å²) in [4.78, 5) is 15.1. The minimum Gasteiger partial charge on any atom is -0.495 e. The second-order valence-corrected chi connectivity index (χ2v) is 6.10. The number of nitrogens with zero attached hydrogens (tertiary/aromatic N) is 2. The fourth-order valence-electron chi connectivity index (χ4n) is 3.27. The van der Waals surface area contributed by atoms with Gasteiger partial charge in [-0.2, -0.15) is 0 Å². The van der Waals surface area contributed by atoms with Gasteiger partial charge in [0.25, 0.3) is 5.91 Å². The number of amides is 1. The van der Waals surface area contributed by atoms with Crippen molar-refractivity contribution in [2.45, 2.75) is 13.1 Å². The van der Waals surface area contributed by atoms with Crippen LogP contribution in [0.4, 0.5) is 11.4 Å². The Labute approximate surface area is 146 Å². The molecule has 0 atom stereocenters. The number of carbonyl (C=O) groups is 1. The molecule has 0 radical (unpaired) electrons. The molecule has 1 aliphatic rings. The minimum absolute atomic E-state index is 0.0691. The Kier molecular flexibility index (Phi) is 3.69. The van der Waals surface area contributed by atoms with Crippen LogP contribution in [0.5, 0.6) is 5.75 Å². The summed E-state index contributed by atoms with van der Waals surface area (Å²) in [6, 6.07) is 17.2. The van der Waals surface area contributed by atoms with E-state index >= 15 is 0 Å². The zero-order chi connectivity index (χ0) is 17.4. The second-order valence-electron chi connectivity index (χ2n) is 6.10. The standard InChI is InChI=1S/C20H19N3O2/c1-25-19-11-14(8-9-17(19)21)20(24)23-13-16-6-4-10-22(16)12-15-5-2-3-7-18(15)23/h2-11H,12-13,21H2,1H3. The third-order valence-electron chi connectivity index (χ3n) is 4.59. The summed E-state index contributed by atoms with van der Waals surface area (Å²) >= 11 is 0. The molecule has 2 N–H and O–H groups in total. The maximum atomic E-state index is 13.2. The molecule has 0 aliphatic carbocycles. The van der Waals surface area contributed by atoms with Crippen LogP contribution in [0.25, 0.3) is 0 Å². The van der Waals surface area contributed by atoms with Gasteiger partial charge < -0.3 is 19.9 Å². The van der Waals surface area contributed by atoms with Gasteiger partial charge in [-0.05, 0) is 42.0 Å². The SMILES string of the molecule is COc1cc(C(=O)N2Cc3cccn3Cc3ccccc32)ccc1N. The summed E-state index contributed by atoms with van der Waals surface area (Å²) in [5, 5.41) is 0. The third kappa shape index (κ3) is 2.63. The van der Waals surface area contributed by atoms with Crippen molar-refractivity contribution in [3.8, 4) is 5.75 Å². The molecule has 5 nitrogen and oxygen atoms in total. The van der Waals surface area contributed by atoms with E-state index in [1.54, 1.807) is 25.3 Å². The van der Waals surface area contributed by atoms with E-state index in [9.17, 15) is 4.79 Å². The van der Waals surface area contributed by atoms with E-state index in [1.165, 1.54) is 0 Å². The first-order chi connectivity index (χ1) is 12.2.